The van der Waals surface area contributed by atoms with E-state index in [-0.39, 0.29) is 23.4 Å². The first-order valence-electron chi connectivity index (χ1n) is 5.58. The van der Waals surface area contributed by atoms with Gasteiger partial charge in [-0.05, 0) is 0 Å². The van der Waals surface area contributed by atoms with Crippen LogP contribution in [0, 0.1) is 0 Å². The molecule has 0 saturated heterocycles. The molecule has 19 heavy (non-hydrogen) atoms. The summed E-state index contributed by atoms with van der Waals surface area (Å²) in [6.45, 7) is -0.875. The minimum absolute atomic E-state index is 0.142. The van der Waals surface area contributed by atoms with Crippen molar-refractivity contribution in [1.29, 1.82) is 0 Å². The number of hydrogen-bond acceptors (Lipinski definition) is 7. The molecular weight excluding hydrogens is 257 g/mol. The fraction of sp³-hybridized carbons (Fsp3) is 0.500. The van der Waals surface area contributed by atoms with Crippen molar-refractivity contribution in [3.05, 3.63) is 12.7 Å². The molecule has 102 valence electrons. The van der Waals surface area contributed by atoms with Crippen molar-refractivity contribution in [3.8, 4) is 0 Å². The smallest absolute Gasteiger partial charge is 0.259 e. The monoisotopic (exact) mass is 269 g/mol. The van der Waals surface area contributed by atoms with Gasteiger partial charge >= 0.3 is 0 Å². The fourth-order valence-electron chi connectivity index (χ4n) is 2.33. The first kappa shape index (κ1) is 12.2. The second-order valence-electron chi connectivity index (χ2n) is 4.67. The van der Waals surface area contributed by atoms with Crippen molar-refractivity contribution in [2.75, 3.05) is 12.3 Å². The SMILES string of the molecule is Nc1ncnc2c1ncn2[C@@H]1C[C@](O)(CO)[C@@]1(O)F. The number of aliphatic hydroxyl groups is 3. The third kappa shape index (κ3) is 1.40. The van der Waals surface area contributed by atoms with E-state index in [1.807, 2.05) is 0 Å². The van der Waals surface area contributed by atoms with Crippen LogP contribution in [0.1, 0.15) is 12.5 Å². The summed E-state index contributed by atoms with van der Waals surface area (Å²) in [5.41, 5.74) is 3.98. The molecule has 1 fully saturated rings. The van der Waals surface area contributed by atoms with Gasteiger partial charge < -0.3 is 25.6 Å². The van der Waals surface area contributed by atoms with E-state index in [0.717, 1.165) is 0 Å². The molecule has 9 heteroatoms. The number of fused-ring (bicyclic) bond motifs is 1. The Kier molecular flexibility index (Phi) is 2.31. The number of aliphatic hydroxyl groups excluding tert-OH is 1. The molecule has 2 heterocycles. The van der Waals surface area contributed by atoms with Crippen LogP contribution in [0.15, 0.2) is 12.7 Å². The van der Waals surface area contributed by atoms with Crippen LogP contribution in [0.5, 0.6) is 0 Å². The van der Waals surface area contributed by atoms with Crippen LogP contribution in [0.4, 0.5) is 10.2 Å². The van der Waals surface area contributed by atoms with Crippen LogP contribution < -0.4 is 5.73 Å². The molecule has 5 N–H and O–H groups in total. The van der Waals surface area contributed by atoms with Gasteiger partial charge in [-0.3, -0.25) is 0 Å². The maximum atomic E-state index is 14.1. The second-order valence-corrected chi connectivity index (χ2v) is 4.67. The maximum Gasteiger partial charge on any atom is 0.259 e. The van der Waals surface area contributed by atoms with Crippen LogP contribution >= 0.6 is 0 Å². The Balaban J connectivity index is 2.06. The van der Waals surface area contributed by atoms with Crippen LogP contribution in [-0.4, -0.2) is 52.9 Å². The lowest BCUT2D eigenvalue weighted by Gasteiger charge is -2.52. The third-order valence-electron chi connectivity index (χ3n) is 3.61. The van der Waals surface area contributed by atoms with Crippen LogP contribution in [-0.2, 0) is 0 Å². The van der Waals surface area contributed by atoms with Gasteiger partial charge in [-0.15, -0.1) is 0 Å². The summed E-state index contributed by atoms with van der Waals surface area (Å²) in [5, 5.41) is 28.3. The van der Waals surface area contributed by atoms with Crippen LogP contribution in [0.3, 0.4) is 0 Å². The molecule has 2 aromatic rings. The summed E-state index contributed by atoms with van der Waals surface area (Å²) in [7, 11) is 0. The van der Waals surface area contributed by atoms with Gasteiger partial charge in [-0.1, -0.05) is 0 Å². The molecule has 0 amide bonds. The molecule has 0 unspecified atom stereocenters. The Morgan fingerprint density at radius 3 is 2.79 bits per heavy atom. The highest BCUT2D eigenvalue weighted by molar-refractivity contribution is 5.81. The molecule has 3 rings (SSSR count). The molecule has 0 aromatic carbocycles. The lowest BCUT2D eigenvalue weighted by molar-refractivity contribution is -0.329. The number of rotatable bonds is 2. The summed E-state index contributed by atoms with van der Waals surface area (Å²) in [5.74, 6) is -2.82. The zero-order valence-electron chi connectivity index (χ0n) is 9.73. The molecule has 8 nitrogen and oxygen atoms in total. The van der Waals surface area contributed by atoms with E-state index >= 15 is 0 Å². The summed E-state index contributed by atoms with van der Waals surface area (Å²) >= 11 is 0. The Morgan fingerprint density at radius 2 is 2.16 bits per heavy atom. The number of nitrogens with zero attached hydrogens (tertiary/aromatic N) is 4. The van der Waals surface area contributed by atoms with E-state index < -0.39 is 24.1 Å². The molecule has 3 atom stereocenters. The number of aromatic nitrogens is 4. The zero-order chi connectivity index (χ0) is 13.8. The normalized spacial score (nSPS) is 34.4. The van der Waals surface area contributed by atoms with Crippen molar-refractivity contribution < 1.29 is 19.7 Å². The Labute approximate surface area is 106 Å². The van der Waals surface area contributed by atoms with Crippen molar-refractivity contribution in [3.63, 3.8) is 0 Å². The Morgan fingerprint density at radius 1 is 1.42 bits per heavy atom. The summed E-state index contributed by atoms with van der Waals surface area (Å²) in [4.78, 5) is 11.6. The molecule has 0 bridgehead atoms. The topological polar surface area (TPSA) is 130 Å². The van der Waals surface area contributed by atoms with E-state index in [2.05, 4.69) is 15.0 Å². The van der Waals surface area contributed by atoms with Gasteiger partial charge in [0.15, 0.2) is 17.1 Å². The number of anilines is 1. The van der Waals surface area contributed by atoms with Crippen LogP contribution in [0.2, 0.25) is 0 Å². The molecule has 2 aromatic heterocycles. The van der Waals surface area contributed by atoms with Gasteiger partial charge in [0, 0.05) is 6.42 Å². The molecule has 1 aliphatic rings. The van der Waals surface area contributed by atoms with Gasteiger partial charge in [0.1, 0.15) is 17.9 Å². The van der Waals surface area contributed by atoms with Crippen molar-refractivity contribution in [1.82, 2.24) is 19.5 Å². The lowest BCUT2D eigenvalue weighted by atomic mass is 9.70. The Hall–Kier alpha value is -1.84. The fourth-order valence-corrected chi connectivity index (χ4v) is 2.33. The first-order chi connectivity index (χ1) is 8.90. The standard InChI is InChI=1S/C10H12FN5O3/c11-10(19)5(1-9(10,18)2-17)16-4-15-6-7(12)13-3-14-8(6)16/h3-5,17-19H,1-2H2,(H2,12,13,14)/t5-,9+,10-/m1/s1. The number of nitrogen functional groups attached to an aromatic ring is 1. The molecule has 0 aliphatic heterocycles. The number of nitrogens with two attached hydrogens (primary N) is 1. The lowest BCUT2D eigenvalue weighted by Crippen LogP contribution is -2.68. The molecule has 1 aliphatic carbocycles. The average Bonchev–Trinajstić information content (AvgIpc) is 2.80. The summed E-state index contributed by atoms with van der Waals surface area (Å²) in [6.07, 6.45) is 2.30. The summed E-state index contributed by atoms with van der Waals surface area (Å²) < 4.78 is 15.4. The third-order valence-corrected chi connectivity index (χ3v) is 3.61. The van der Waals surface area contributed by atoms with E-state index in [0.29, 0.717) is 0 Å². The van der Waals surface area contributed by atoms with Crippen molar-refractivity contribution in [2.45, 2.75) is 23.9 Å². The number of hydrogen-bond donors (Lipinski definition) is 4. The summed E-state index contributed by atoms with van der Waals surface area (Å²) in [6, 6.07) is -1.09. The second kappa shape index (κ2) is 3.59. The predicted octanol–water partition coefficient (Wildman–Crippen LogP) is -1.27. The average molecular weight is 269 g/mol. The van der Waals surface area contributed by atoms with E-state index in [1.54, 1.807) is 0 Å². The molecular formula is C10H12FN5O3. The number of imidazole rings is 1. The van der Waals surface area contributed by atoms with Crippen LogP contribution in [0.25, 0.3) is 11.2 Å². The van der Waals surface area contributed by atoms with Gasteiger partial charge in [0.05, 0.1) is 12.9 Å². The first-order valence-corrected chi connectivity index (χ1v) is 5.58. The highest BCUT2D eigenvalue weighted by atomic mass is 19.2. The molecule has 1 saturated carbocycles. The van der Waals surface area contributed by atoms with Crippen molar-refractivity contribution >= 4 is 17.0 Å². The quantitative estimate of drug-likeness (QED) is 0.535. The highest BCUT2D eigenvalue weighted by Gasteiger charge is 2.67. The van der Waals surface area contributed by atoms with Gasteiger partial charge in [0.2, 0.25) is 0 Å². The van der Waals surface area contributed by atoms with Crippen molar-refractivity contribution in [2.24, 2.45) is 0 Å². The minimum atomic E-state index is -2.96. The van der Waals surface area contributed by atoms with Gasteiger partial charge in [-0.25, -0.2) is 19.3 Å². The largest absolute Gasteiger partial charge is 0.393 e. The minimum Gasteiger partial charge on any atom is -0.393 e. The molecule has 0 radical (unpaired) electrons. The Bertz CT molecular complexity index is 645. The van der Waals surface area contributed by atoms with E-state index in [4.69, 9.17) is 10.8 Å². The maximum absolute atomic E-state index is 14.1. The highest BCUT2D eigenvalue weighted by Crippen LogP contribution is 2.52. The molecule has 0 spiro atoms. The van der Waals surface area contributed by atoms with Gasteiger partial charge in [-0.2, -0.15) is 0 Å². The number of halogens is 1. The number of alkyl halides is 1. The van der Waals surface area contributed by atoms with E-state index in [9.17, 15) is 14.6 Å². The van der Waals surface area contributed by atoms with Gasteiger partial charge in [0.25, 0.3) is 5.85 Å². The zero-order valence-corrected chi connectivity index (χ0v) is 9.73. The predicted molar refractivity (Wildman–Crippen MR) is 61.5 cm³/mol. The van der Waals surface area contributed by atoms with E-state index in [1.165, 1.54) is 17.2 Å².